The summed E-state index contributed by atoms with van der Waals surface area (Å²) in [6, 6.07) is 14.2. The molecule has 0 saturated heterocycles. The molecule has 1 heterocycles. The number of allylic oxidation sites excluding steroid dienone is 3. The summed E-state index contributed by atoms with van der Waals surface area (Å²) in [5.41, 5.74) is 1.63. The van der Waals surface area contributed by atoms with Gasteiger partial charge in [-0.15, -0.1) is 0 Å². The second kappa shape index (κ2) is 11.7. The van der Waals surface area contributed by atoms with E-state index in [1.165, 1.54) is 18.2 Å². The number of hydrogen-bond acceptors (Lipinski definition) is 8. The average molecular weight is 542 g/mol. The second-order valence-electron chi connectivity index (χ2n) is 9.40. The molecule has 11 heteroatoms. The zero-order chi connectivity index (χ0) is 28.2. The Kier molecular flexibility index (Phi) is 8.85. The van der Waals surface area contributed by atoms with Gasteiger partial charge in [-0.2, -0.15) is 0 Å². The summed E-state index contributed by atoms with van der Waals surface area (Å²) in [6.45, 7) is 8.21. The molecule has 2 N–H and O–H groups in total. The minimum absolute atomic E-state index is 0.0181. The third-order valence-corrected chi connectivity index (χ3v) is 7.46. The van der Waals surface area contributed by atoms with E-state index in [1.807, 2.05) is 30.3 Å². The van der Waals surface area contributed by atoms with Crippen LogP contribution in [0.1, 0.15) is 57.8 Å². The molecule has 0 aliphatic carbocycles. The highest BCUT2D eigenvalue weighted by Gasteiger charge is 2.39. The Morgan fingerprint density at radius 2 is 1.66 bits per heavy atom. The van der Waals surface area contributed by atoms with Crippen molar-refractivity contribution in [2.45, 2.75) is 52.7 Å². The molecule has 1 aliphatic rings. The quantitative estimate of drug-likeness (QED) is 0.261. The van der Waals surface area contributed by atoms with Crippen LogP contribution in [-0.2, 0) is 24.3 Å². The van der Waals surface area contributed by atoms with Gasteiger partial charge in [0.15, 0.2) is 5.78 Å². The molecule has 0 saturated carbocycles. The van der Waals surface area contributed by atoms with Gasteiger partial charge in [-0.3, -0.25) is 14.9 Å². The highest BCUT2D eigenvalue weighted by atomic mass is 32.2. The van der Waals surface area contributed by atoms with Crippen LogP contribution in [0.4, 0.5) is 5.69 Å². The number of carbonyl (C=O) groups is 2. The molecule has 0 spiro atoms. The molecule has 2 atom stereocenters. The number of esters is 1. The van der Waals surface area contributed by atoms with Crippen molar-refractivity contribution >= 4 is 27.5 Å². The minimum Gasteiger partial charge on any atom is -0.454 e. The van der Waals surface area contributed by atoms with Crippen LogP contribution in [-0.4, -0.2) is 36.9 Å². The predicted octanol–water partition coefficient (Wildman–Crippen LogP) is 4.03. The van der Waals surface area contributed by atoms with Gasteiger partial charge in [-0.05, 0) is 45.7 Å². The molecule has 1 aliphatic heterocycles. The summed E-state index contributed by atoms with van der Waals surface area (Å²) < 4.78 is 33.3. The first-order chi connectivity index (χ1) is 17.8. The SMILES string of the molecule is CC1=C(C(=O)CS(=O)(=O)NC(C)C)[C@@H](c2cccc([N+](=O)[O-])c2)C(C(=O)O[C@@H](C)c2ccccc2)=C(C)N1. The summed E-state index contributed by atoms with van der Waals surface area (Å²) in [6.07, 6.45) is -0.628. The van der Waals surface area contributed by atoms with Crippen LogP contribution >= 0.6 is 0 Å². The van der Waals surface area contributed by atoms with Crippen LogP contribution in [0.25, 0.3) is 0 Å². The maximum atomic E-state index is 13.6. The Balaban J connectivity index is 2.10. The zero-order valence-electron chi connectivity index (χ0n) is 21.8. The number of dihydropyridines is 1. The molecule has 10 nitrogen and oxygen atoms in total. The van der Waals surface area contributed by atoms with Crippen molar-refractivity contribution < 1.29 is 27.7 Å². The monoisotopic (exact) mass is 541 g/mol. The Morgan fingerprint density at radius 3 is 2.26 bits per heavy atom. The van der Waals surface area contributed by atoms with Gasteiger partial charge in [0.1, 0.15) is 11.9 Å². The van der Waals surface area contributed by atoms with Gasteiger partial charge in [0, 0.05) is 41.1 Å². The van der Waals surface area contributed by atoms with Crippen molar-refractivity contribution in [3.63, 3.8) is 0 Å². The molecule has 38 heavy (non-hydrogen) atoms. The number of carbonyl (C=O) groups excluding carboxylic acids is 2. The summed E-state index contributed by atoms with van der Waals surface area (Å²) >= 11 is 0. The van der Waals surface area contributed by atoms with E-state index in [1.54, 1.807) is 40.7 Å². The Hall–Kier alpha value is -3.83. The van der Waals surface area contributed by atoms with Crippen LogP contribution in [0.15, 0.2) is 77.1 Å². The number of ether oxygens (including phenoxy) is 1. The van der Waals surface area contributed by atoms with Crippen LogP contribution in [0.2, 0.25) is 0 Å². The number of non-ortho nitro benzene ring substituents is 1. The van der Waals surface area contributed by atoms with Crippen LogP contribution in [0.3, 0.4) is 0 Å². The van der Waals surface area contributed by atoms with Crippen LogP contribution < -0.4 is 10.0 Å². The molecule has 2 aromatic rings. The minimum atomic E-state index is -3.99. The fourth-order valence-corrected chi connectivity index (χ4v) is 5.76. The number of nitrogens with zero attached hydrogens (tertiary/aromatic N) is 1. The van der Waals surface area contributed by atoms with Crippen molar-refractivity contribution in [1.82, 2.24) is 10.0 Å². The van der Waals surface area contributed by atoms with Gasteiger partial charge in [0.25, 0.3) is 5.69 Å². The van der Waals surface area contributed by atoms with Crippen LogP contribution in [0.5, 0.6) is 0 Å². The lowest BCUT2D eigenvalue weighted by Gasteiger charge is -2.31. The van der Waals surface area contributed by atoms with E-state index in [0.717, 1.165) is 5.56 Å². The van der Waals surface area contributed by atoms with Crippen LogP contribution in [0, 0.1) is 10.1 Å². The number of rotatable bonds is 10. The lowest BCUT2D eigenvalue weighted by Crippen LogP contribution is -2.38. The molecule has 202 valence electrons. The molecule has 0 aromatic heterocycles. The summed E-state index contributed by atoms with van der Waals surface area (Å²) in [5.74, 6) is -3.42. The Morgan fingerprint density at radius 1 is 1.03 bits per heavy atom. The van der Waals surface area contributed by atoms with Crippen molar-refractivity contribution in [2.24, 2.45) is 0 Å². The smallest absolute Gasteiger partial charge is 0.337 e. The van der Waals surface area contributed by atoms with Crippen molar-refractivity contribution in [3.8, 4) is 0 Å². The lowest BCUT2D eigenvalue weighted by atomic mass is 9.79. The van der Waals surface area contributed by atoms with E-state index in [9.17, 15) is 28.1 Å². The normalized spacial score (nSPS) is 16.7. The summed E-state index contributed by atoms with van der Waals surface area (Å²) in [5, 5.41) is 14.5. The first-order valence-corrected chi connectivity index (χ1v) is 13.7. The van der Waals surface area contributed by atoms with Crippen molar-refractivity contribution in [3.05, 3.63) is 98.4 Å². The number of nitro groups is 1. The highest BCUT2D eigenvalue weighted by Crippen LogP contribution is 2.40. The van der Waals surface area contributed by atoms with E-state index in [0.29, 0.717) is 11.4 Å². The van der Waals surface area contributed by atoms with Gasteiger partial charge in [0.05, 0.1) is 10.5 Å². The first kappa shape index (κ1) is 28.7. The zero-order valence-corrected chi connectivity index (χ0v) is 22.7. The van der Waals surface area contributed by atoms with E-state index in [-0.39, 0.29) is 22.4 Å². The Labute approximate surface area is 222 Å². The van der Waals surface area contributed by atoms with E-state index >= 15 is 0 Å². The molecule has 0 radical (unpaired) electrons. The maximum absolute atomic E-state index is 13.6. The number of benzene rings is 2. The number of Topliss-reactive ketones (excluding diaryl/α,β-unsaturated/α-hetero) is 1. The molecule has 0 unspecified atom stereocenters. The van der Waals surface area contributed by atoms with E-state index in [4.69, 9.17) is 4.74 Å². The average Bonchev–Trinajstić information content (AvgIpc) is 2.82. The van der Waals surface area contributed by atoms with Gasteiger partial charge >= 0.3 is 5.97 Å². The number of sulfonamides is 1. The third kappa shape index (κ3) is 6.73. The lowest BCUT2D eigenvalue weighted by molar-refractivity contribution is -0.384. The van der Waals surface area contributed by atoms with Crippen molar-refractivity contribution in [2.75, 3.05) is 5.75 Å². The standard InChI is InChI=1S/C27H31N3O7S/c1-16(2)29-38(35,36)15-23(31)24-17(3)28-18(4)25(26(24)21-12-9-13-22(14-21)30(33)34)27(32)37-19(5)20-10-7-6-8-11-20/h6-14,16,19,26,28-29H,15H2,1-5H3/t19-,26+/m0/s1. The van der Waals surface area contributed by atoms with Gasteiger partial charge in [-0.25, -0.2) is 17.9 Å². The fraction of sp³-hybridized carbons (Fsp3) is 0.333. The van der Waals surface area contributed by atoms with E-state index in [2.05, 4.69) is 10.0 Å². The molecule has 0 amide bonds. The highest BCUT2D eigenvalue weighted by molar-refractivity contribution is 7.90. The van der Waals surface area contributed by atoms with Gasteiger partial charge in [0.2, 0.25) is 10.0 Å². The number of ketones is 1. The largest absolute Gasteiger partial charge is 0.454 e. The Bertz CT molecular complexity index is 1410. The first-order valence-electron chi connectivity index (χ1n) is 12.0. The number of nitro benzene ring substituents is 1. The summed E-state index contributed by atoms with van der Waals surface area (Å²) in [4.78, 5) is 38.0. The van der Waals surface area contributed by atoms with Gasteiger partial charge in [-0.1, -0.05) is 42.5 Å². The number of hydrogen-bond donors (Lipinski definition) is 2. The maximum Gasteiger partial charge on any atom is 0.337 e. The topological polar surface area (TPSA) is 145 Å². The molecular weight excluding hydrogens is 510 g/mol. The number of nitrogens with one attached hydrogen (secondary N) is 2. The molecule has 2 aromatic carbocycles. The fourth-order valence-electron chi connectivity index (χ4n) is 4.45. The predicted molar refractivity (Wildman–Crippen MR) is 142 cm³/mol. The molecule has 0 bridgehead atoms. The third-order valence-electron chi connectivity index (χ3n) is 5.98. The molecule has 3 rings (SSSR count). The summed E-state index contributed by atoms with van der Waals surface area (Å²) in [7, 11) is -3.99. The van der Waals surface area contributed by atoms with Gasteiger partial charge < -0.3 is 10.1 Å². The second-order valence-corrected chi connectivity index (χ2v) is 11.2. The molecule has 0 fully saturated rings. The van der Waals surface area contributed by atoms with E-state index < -0.39 is 50.5 Å². The van der Waals surface area contributed by atoms with Crippen molar-refractivity contribution in [1.29, 1.82) is 0 Å². The molecular formula is C27H31N3O7S.